The molecule has 7 heteroatoms. The molecule has 4 nitrogen and oxygen atoms in total. The maximum absolute atomic E-state index is 12.6. The Labute approximate surface area is 102 Å². The van der Waals surface area contributed by atoms with Crippen molar-refractivity contribution in [3.05, 3.63) is 22.5 Å². The number of hydrogen-bond acceptors (Lipinski definition) is 4. The molecule has 0 aromatic carbocycles. The Morgan fingerprint density at radius 3 is 2.82 bits per heavy atom. The molecule has 0 saturated heterocycles. The van der Waals surface area contributed by atoms with E-state index in [-0.39, 0.29) is 29.6 Å². The molecule has 0 spiro atoms. The molecule has 0 unspecified atom stereocenters. The highest BCUT2D eigenvalue weighted by Gasteiger charge is 2.17. The molecule has 0 amide bonds. The predicted octanol–water partition coefficient (Wildman–Crippen LogP) is 2.36. The van der Waals surface area contributed by atoms with Crippen molar-refractivity contribution < 1.29 is 18.3 Å². The molecule has 17 heavy (non-hydrogen) atoms. The Bertz CT molecular complexity index is 427. The van der Waals surface area contributed by atoms with Crippen LogP contribution in [0.3, 0.4) is 0 Å². The number of esters is 1. The maximum Gasteiger partial charge on any atom is 0.311 e. The van der Waals surface area contributed by atoms with E-state index in [2.05, 4.69) is 9.72 Å². The van der Waals surface area contributed by atoms with E-state index in [9.17, 15) is 13.6 Å². The summed E-state index contributed by atoms with van der Waals surface area (Å²) < 4.78 is 29.9. The monoisotopic (exact) mass is 264 g/mol. The van der Waals surface area contributed by atoms with Gasteiger partial charge in [-0.05, 0) is 13.0 Å². The van der Waals surface area contributed by atoms with Gasteiger partial charge in [0.25, 0.3) is 6.43 Å². The van der Waals surface area contributed by atoms with Crippen LogP contribution in [0, 0.1) is 0 Å². The fraction of sp³-hybridized carbons (Fsp3) is 0.400. The summed E-state index contributed by atoms with van der Waals surface area (Å²) in [5, 5.41) is -0.234. The average Bonchev–Trinajstić information content (AvgIpc) is 2.23. The van der Waals surface area contributed by atoms with Gasteiger partial charge in [-0.1, -0.05) is 11.6 Å². The third-order valence-corrected chi connectivity index (χ3v) is 2.25. The van der Waals surface area contributed by atoms with E-state index in [0.717, 1.165) is 6.07 Å². The molecule has 1 rings (SSSR count). The van der Waals surface area contributed by atoms with E-state index in [1.165, 1.54) is 0 Å². The van der Waals surface area contributed by atoms with Crippen molar-refractivity contribution >= 4 is 23.3 Å². The van der Waals surface area contributed by atoms with E-state index < -0.39 is 18.0 Å². The van der Waals surface area contributed by atoms with Crippen molar-refractivity contribution in [2.24, 2.45) is 0 Å². The first-order valence-electron chi connectivity index (χ1n) is 4.84. The summed E-state index contributed by atoms with van der Waals surface area (Å²) in [4.78, 5) is 14.9. The van der Waals surface area contributed by atoms with Crippen LogP contribution in [0.2, 0.25) is 5.15 Å². The van der Waals surface area contributed by atoms with Crippen LogP contribution < -0.4 is 5.73 Å². The predicted molar refractivity (Wildman–Crippen MR) is 59.0 cm³/mol. The fourth-order valence-corrected chi connectivity index (χ4v) is 1.44. The minimum Gasteiger partial charge on any atom is -0.466 e. The second-order valence-electron chi connectivity index (χ2n) is 3.19. The minimum absolute atomic E-state index is 0.109. The molecule has 0 bridgehead atoms. The zero-order valence-electron chi connectivity index (χ0n) is 9.04. The van der Waals surface area contributed by atoms with Gasteiger partial charge in [0.1, 0.15) is 0 Å². The number of halogens is 3. The van der Waals surface area contributed by atoms with Crippen molar-refractivity contribution in [1.29, 1.82) is 0 Å². The Hall–Kier alpha value is -1.43. The number of hydrogen-bond donors (Lipinski definition) is 1. The Morgan fingerprint density at radius 1 is 1.65 bits per heavy atom. The smallest absolute Gasteiger partial charge is 0.311 e. The third-order valence-electron chi connectivity index (χ3n) is 1.96. The minimum atomic E-state index is -2.77. The zero-order chi connectivity index (χ0) is 13.0. The van der Waals surface area contributed by atoms with Gasteiger partial charge in [0.2, 0.25) is 0 Å². The van der Waals surface area contributed by atoms with Crippen molar-refractivity contribution in [2.75, 3.05) is 12.3 Å². The van der Waals surface area contributed by atoms with Crippen molar-refractivity contribution in [2.45, 2.75) is 19.8 Å². The molecule has 1 aromatic heterocycles. The van der Waals surface area contributed by atoms with Crippen LogP contribution in [-0.2, 0) is 16.0 Å². The normalized spacial score (nSPS) is 10.6. The van der Waals surface area contributed by atoms with Crippen LogP contribution in [0.15, 0.2) is 6.07 Å². The molecular weight excluding hydrogens is 254 g/mol. The molecule has 0 aliphatic rings. The summed E-state index contributed by atoms with van der Waals surface area (Å²) in [6, 6.07) is 1.06. The number of nitrogens with zero attached hydrogens (tertiary/aromatic N) is 1. The van der Waals surface area contributed by atoms with Gasteiger partial charge in [-0.2, -0.15) is 0 Å². The standard InChI is InChI=1S/C10H11ClF2N2O2/c1-2-17-7(16)4-5-3-6(10(12)13)8(14)9(11)15-5/h3,10H,2,4,14H2,1H3. The van der Waals surface area contributed by atoms with Crippen LogP contribution in [0.5, 0.6) is 0 Å². The zero-order valence-corrected chi connectivity index (χ0v) is 9.80. The summed E-state index contributed by atoms with van der Waals surface area (Å²) in [5.41, 5.74) is 4.76. The Balaban J connectivity index is 2.98. The lowest BCUT2D eigenvalue weighted by Gasteiger charge is -2.08. The highest BCUT2D eigenvalue weighted by Crippen LogP contribution is 2.30. The number of nitrogens with two attached hydrogens (primary N) is 1. The first-order valence-corrected chi connectivity index (χ1v) is 5.22. The van der Waals surface area contributed by atoms with E-state index in [0.29, 0.717) is 0 Å². The highest BCUT2D eigenvalue weighted by atomic mass is 35.5. The van der Waals surface area contributed by atoms with E-state index in [1.807, 2.05) is 0 Å². The summed E-state index contributed by atoms with van der Waals surface area (Å²) in [6.07, 6.45) is -2.98. The molecule has 1 aromatic rings. The number of nitrogen functional groups attached to an aromatic ring is 1. The van der Waals surface area contributed by atoms with Gasteiger partial charge in [0, 0.05) is 5.56 Å². The van der Waals surface area contributed by atoms with Gasteiger partial charge < -0.3 is 10.5 Å². The Morgan fingerprint density at radius 2 is 2.29 bits per heavy atom. The topological polar surface area (TPSA) is 65.2 Å². The maximum atomic E-state index is 12.6. The molecule has 0 radical (unpaired) electrons. The number of aromatic nitrogens is 1. The van der Waals surface area contributed by atoms with Gasteiger partial charge in [0.15, 0.2) is 5.15 Å². The Kier molecular flexibility index (Phi) is 4.62. The van der Waals surface area contributed by atoms with Gasteiger partial charge in [-0.3, -0.25) is 4.79 Å². The number of rotatable bonds is 4. The van der Waals surface area contributed by atoms with Gasteiger partial charge in [-0.15, -0.1) is 0 Å². The second kappa shape index (κ2) is 5.77. The quantitative estimate of drug-likeness (QED) is 0.670. The van der Waals surface area contributed by atoms with Crippen LogP contribution in [0.1, 0.15) is 24.6 Å². The lowest BCUT2D eigenvalue weighted by atomic mass is 10.1. The van der Waals surface area contributed by atoms with Gasteiger partial charge >= 0.3 is 5.97 Å². The van der Waals surface area contributed by atoms with Crippen LogP contribution in [0.25, 0.3) is 0 Å². The highest BCUT2D eigenvalue weighted by molar-refractivity contribution is 6.32. The number of pyridine rings is 1. The lowest BCUT2D eigenvalue weighted by Crippen LogP contribution is -2.10. The van der Waals surface area contributed by atoms with Crippen molar-refractivity contribution in [3.63, 3.8) is 0 Å². The number of ether oxygens (including phenoxy) is 1. The number of carbonyl (C=O) groups is 1. The van der Waals surface area contributed by atoms with Crippen molar-refractivity contribution in [3.8, 4) is 0 Å². The molecule has 94 valence electrons. The van der Waals surface area contributed by atoms with E-state index in [4.69, 9.17) is 17.3 Å². The van der Waals surface area contributed by atoms with Crippen LogP contribution in [-0.4, -0.2) is 17.6 Å². The molecule has 2 N–H and O–H groups in total. The van der Waals surface area contributed by atoms with Gasteiger partial charge in [0.05, 0.1) is 24.4 Å². The number of anilines is 1. The first-order chi connectivity index (χ1) is 7.95. The third kappa shape index (κ3) is 3.52. The summed E-state index contributed by atoms with van der Waals surface area (Å²) in [5.74, 6) is -0.555. The average molecular weight is 265 g/mol. The van der Waals surface area contributed by atoms with Crippen LogP contribution >= 0.6 is 11.6 Å². The molecule has 1 heterocycles. The van der Waals surface area contributed by atoms with Crippen LogP contribution in [0.4, 0.5) is 14.5 Å². The SMILES string of the molecule is CCOC(=O)Cc1cc(C(F)F)c(N)c(Cl)n1. The molecule has 0 aliphatic carbocycles. The number of alkyl halides is 2. The second-order valence-corrected chi connectivity index (χ2v) is 3.55. The summed E-state index contributed by atoms with van der Waals surface area (Å²) >= 11 is 5.60. The molecule has 0 fully saturated rings. The molecule has 0 aliphatic heterocycles. The molecule has 0 saturated carbocycles. The summed E-state index contributed by atoms with van der Waals surface area (Å²) in [6.45, 7) is 1.86. The largest absolute Gasteiger partial charge is 0.466 e. The number of carbonyl (C=O) groups excluding carboxylic acids is 1. The lowest BCUT2D eigenvalue weighted by molar-refractivity contribution is -0.142. The molecular formula is C10H11ClF2N2O2. The fourth-order valence-electron chi connectivity index (χ4n) is 1.23. The molecule has 0 atom stereocenters. The van der Waals surface area contributed by atoms with Crippen molar-refractivity contribution in [1.82, 2.24) is 4.98 Å². The first kappa shape index (κ1) is 13.6. The van der Waals surface area contributed by atoms with E-state index >= 15 is 0 Å². The summed E-state index contributed by atoms with van der Waals surface area (Å²) in [7, 11) is 0. The van der Waals surface area contributed by atoms with E-state index in [1.54, 1.807) is 6.92 Å². The van der Waals surface area contributed by atoms with Gasteiger partial charge in [-0.25, -0.2) is 13.8 Å².